The van der Waals surface area contributed by atoms with Gasteiger partial charge in [0.25, 0.3) is 11.8 Å². The van der Waals surface area contributed by atoms with E-state index in [1.54, 1.807) is 23.6 Å². The molecule has 3 rings (SSSR count). The summed E-state index contributed by atoms with van der Waals surface area (Å²) in [5.41, 5.74) is 6.65. The van der Waals surface area contributed by atoms with Crippen LogP contribution in [0.3, 0.4) is 0 Å². The van der Waals surface area contributed by atoms with E-state index >= 15 is 0 Å². The molecule has 26 heavy (non-hydrogen) atoms. The average Bonchev–Trinajstić information content (AvgIpc) is 3.10. The first kappa shape index (κ1) is 18.3. The summed E-state index contributed by atoms with van der Waals surface area (Å²) in [6.45, 7) is 5.09. The Kier molecular flexibility index (Phi) is 5.53. The van der Waals surface area contributed by atoms with Crippen molar-refractivity contribution in [3.05, 3.63) is 47.1 Å². The van der Waals surface area contributed by atoms with Crippen LogP contribution in [0.2, 0.25) is 0 Å². The second-order valence-corrected chi connectivity index (χ2v) is 7.28. The van der Waals surface area contributed by atoms with Gasteiger partial charge in [-0.2, -0.15) is 0 Å². The van der Waals surface area contributed by atoms with Gasteiger partial charge in [-0.1, -0.05) is 0 Å². The van der Waals surface area contributed by atoms with Crippen LogP contribution >= 0.6 is 11.3 Å². The Morgan fingerprint density at radius 3 is 2.50 bits per heavy atom. The number of thiophene rings is 1. The summed E-state index contributed by atoms with van der Waals surface area (Å²) in [4.78, 5) is 27.3. The van der Waals surface area contributed by atoms with E-state index in [0.717, 1.165) is 31.9 Å². The molecule has 4 N–H and O–H groups in total. The Hall–Kier alpha value is -2.45. The molecule has 0 unspecified atom stereocenters. The maximum absolute atomic E-state index is 13.0. The molecule has 1 fully saturated rings. The zero-order valence-electron chi connectivity index (χ0n) is 14.5. The molecule has 1 aromatic heterocycles. The van der Waals surface area contributed by atoms with E-state index in [2.05, 4.69) is 10.2 Å². The van der Waals surface area contributed by atoms with Crippen molar-refractivity contribution in [3.8, 4) is 0 Å². The number of carbonyl (C=O) groups excluding carboxylic acids is 2. The molecule has 1 aliphatic heterocycles. The minimum Gasteiger partial charge on any atom is -0.366 e. The number of piperazine rings is 1. The second kappa shape index (κ2) is 7.84. The average molecular weight is 377 g/mol. The molecular formula is C18H22FN4O2S+. The zero-order valence-corrected chi connectivity index (χ0v) is 15.3. The molecule has 0 aliphatic carbocycles. The maximum atomic E-state index is 13.0. The first-order valence-corrected chi connectivity index (χ1v) is 9.37. The number of quaternary nitrogens is 1. The number of halogens is 1. The van der Waals surface area contributed by atoms with E-state index < -0.39 is 5.91 Å². The van der Waals surface area contributed by atoms with E-state index in [1.807, 2.05) is 6.92 Å². The molecule has 138 valence electrons. The van der Waals surface area contributed by atoms with Crippen LogP contribution in [0.4, 0.5) is 15.1 Å². The predicted octanol–water partition coefficient (Wildman–Crippen LogP) is 0.718. The summed E-state index contributed by atoms with van der Waals surface area (Å²) >= 11 is 1.29. The second-order valence-electron chi connectivity index (χ2n) is 6.36. The van der Waals surface area contributed by atoms with Crippen molar-refractivity contribution < 1.29 is 18.9 Å². The normalized spacial score (nSPS) is 16.3. The third-order valence-corrected chi connectivity index (χ3v) is 5.60. The van der Waals surface area contributed by atoms with Crippen molar-refractivity contribution in [1.82, 2.24) is 0 Å². The third kappa shape index (κ3) is 4.03. The third-order valence-electron chi connectivity index (χ3n) is 4.77. The van der Waals surface area contributed by atoms with Crippen molar-refractivity contribution in [3.63, 3.8) is 0 Å². The van der Waals surface area contributed by atoms with Crippen LogP contribution < -0.4 is 20.9 Å². The monoisotopic (exact) mass is 377 g/mol. The van der Waals surface area contributed by atoms with Gasteiger partial charge < -0.3 is 20.9 Å². The number of benzene rings is 1. The van der Waals surface area contributed by atoms with Gasteiger partial charge in [-0.15, -0.1) is 11.3 Å². The van der Waals surface area contributed by atoms with E-state index in [4.69, 9.17) is 5.73 Å². The molecule has 0 spiro atoms. The molecule has 0 saturated carbocycles. The lowest BCUT2D eigenvalue weighted by Gasteiger charge is -2.36. The van der Waals surface area contributed by atoms with Gasteiger partial charge in [-0.05, 0) is 42.6 Å². The zero-order chi connectivity index (χ0) is 18.7. The van der Waals surface area contributed by atoms with Crippen molar-refractivity contribution in [2.45, 2.75) is 13.0 Å². The van der Waals surface area contributed by atoms with Crippen LogP contribution in [0.15, 0.2) is 35.7 Å². The lowest BCUT2D eigenvalue weighted by atomic mass is 10.2. The summed E-state index contributed by atoms with van der Waals surface area (Å²) in [5.74, 6) is -0.915. The van der Waals surface area contributed by atoms with Gasteiger partial charge in [0.05, 0.1) is 31.7 Å². The van der Waals surface area contributed by atoms with Gasteiger partial charge in [-0.3, -0.25) is 9.59 Å². The van der Waals surface area contributed by atoms with Crippen molar-refractivity contribution >= 4 is 33.8 Å². The van der Waals surface area contributed by atoms with Crippen molar-refractivity contribution in [2.75, 3.05) is 36.4 Å². The number of nitrogens with two attached hydrogens (primary N) is 1. The van der Waals surface area contributed by atoms with Crippen LogP contribution in [0.25, 0.3) is 0 Å². The molecule has 6 nitrogen and oxygen atoms in total. The number of nitrogens with zero attached hydrogens (tertiary/aromatic N) is 1. The van der Waals surface area contributed by atoms with Crippen LogP contribution in [0.1, 0.15) is 17.3 Å². The SMILES string of the molecule is C[C@H](C(=O)Nc1sccc1C(N)=O)[NH+]1CCN(c2ccc(F)cc2)CC1. The van der Waals surface area contributed by atoms with Gasteiger partial charge >= 0.3 is 0 Å². The number of amides is 2. The fourth-order valence-corrected chi connectivity index (χ4v) is 3.94. The molecule has 1 atom stereocenters. The molecule has 2 aromatic rings. The van der Waals surface area contributed by atoms with Gasteiger partial charge in [0.15, 0.2) is 6.04 Å². The fourth-order valence-electron chi connectivity index (χ4n) is 3.14. The molecule has 1 saturated heterocycles. The Morgan fingerprint density at radius 1 is 1.23 bits per heavy atom. The first-order valence-electron chi connectivity index (χ1n) is 8.49. The van der Waals surface area contributed by atoms with Crippen LogP contribution in [0.5, 0.6) is 0 Å². The Morgan fingerprint density at radius 2 is 1.88 bits per heavy atom. The molecule has 2 heterocycles. The summed E-state index contributed by atoms with van der Waals surface area (Å²) < 4.78 is 13.0. The van der Waals surface area contributed by atoms with Gasteiger partial charge in [0, 0.05) is 5.69 Å². The maximum Gasteiger partial charge on any atom is 0.282 e. The highest BCUT2D eigenvalue weighted by Crippen LogP contribution is 2.22. The minimum atomic E-state index is -0.547. The predicted molar refractivity (Wildman–Crippen MR) is 100 cm³/mol. The van der Waals surface area contributed by atoms with E-state index in [-0.39, 0.29) is 17.8 Å². The number of carbonyl (C=O) groups is 2. The minimum absolute atomic E-state index is 0.125. The quantitative estimate of drug-likeness (QED) is 0.718. The standard InChI is InChI=1S/C18H21FN4O2S/c1-12(17(25)21-18-15(16(20)24)6-11-26-18)22-7-9-23(10-8-22)14-4-2-13(19)3-5-14/h2-6,11-12H,7-10H2,1H3,(H2,20,24)(H,21,25)/p+1/t12-/m1/s1. The number of hydrogen-bond acceptors (Lipinski definition) is 4. The van der Waals surface area contributed by atoms with Gasteiger partial charge in [0.2, 0.25) is 0 Å². The lowest BCUT2D eigenvalue weighted by molar-refractivity contribution is -0.914. The number of primary amides is 1. The Bertz CT molecular complexity index is 785. The van der Waals surface area contributed by atoms with E-state index in [0.29, 0.717) is 10.6 Å². The summed E-state index contributed by atoms with van der Waals surface area (Å²) in [7, 11) is 0. The molecule has 8 heteroatoms. The summed E-state index contributed by atoms with van der Waals surface area (Å²) in [6, 6.07) is 7.84. The van der Waals surface area contributed by atoms with Gasteiger partial charge in [0.1, 0.15) is 10.8 Å². The number of nitrogens with one attached hydrogen (secondary N) is 2. The molecule has 1 aliphatic rings. The number of hydrogen-bond donors (Lipinski definition) is 3. The Balaban J connectivity index is 1.56. The first-order chi connectivity index (χ1) is 12.5. The highest BCUT2D eigenvalue weighted by Gasteiger charge is 2.30. The van der Waals surface area contributed by atoms with E-state index in [1.165, 1.54) is 28.4 Å². The fraction of sp³-hybridized carbons (Fsp3) is 0.333. The van der Waals surface area contributed by atoms with Crippen LogP contribution in [0, 0.1) is 5.82 Å². The molecular weight excluding hydrogens is 355 g/mol. The molecule has 0 bridgehead atoms. The van der Waals surface area contributed by atoms with Crippen molar-refractivity contribution in [2.24, 2.45) is 5.73 Å². The molecule has 2 amide bonds. The van der Waals surface area contributed by atoms with E-state index in [9.17, 15) is 14.0 Å². The van der Waals surface area contributed by atoms with Gasteiger partial charge in [-0.25, -0.2) is 4.39 Å². The number of rotatable bonds is 5. The van der Waals surface area contributed by atoms with Crippen LogP contribution in [-0.2, 0) is 4.79 Å². The number of anilines is 2. The lowest BCUT2D eigenvalue weighted by Crippen LogP contribution is -3.19. The smallest absolute Gasteiger partial charge is 0.282 e. The van der Waals surface area contributed by atoms with Crippen LogP contribution in [-0.4, -0.2) is 44.0 Å². The highest BCUT2D eigenvalue weighted by molar-refractivity contribution is 7.14. The largest absolute Gasteiger partial charge is 0.366 e. The molecule has 1 aromatic carbocycles. The molecule has 0 radical (unpaired) electrons. The summed E-state index contributed by atoms with van der Waals surface area (Å²) in [6.07, 6.45) is 0. The van der Waals surface area contributed by atoms with Crippen molar-refractivity contribution in [1.29, 1.82) is 0 Å². The topological polar surface area (TPSA) is 79.9 Å². The summed E-state index contributed by atoms with van der Waals surface area (Å²) in [5, 5.41) is 5.05. The highest BCUT2D eigenvalue weighted by atomic mass is 32.1. The Labute approximate surface area is 155 Å².